The van der Waals surface area contributed by atoms with Gasteiger partial charge in [0.2, 0.25) is 0 Å². The van der Waals surface area contributed by atoms with Crippen LogP contribution in [-0.4, -0.2) is 36.0 Å². The van der Waals surface area contributed by atoms with Gasteiger partial charge in [0.25, 0.3) is 5.91 Å². The number of carbonyl (C=O) groups excluding carboxylic acids is 2. The van der Waals surface area contributed by atoms with Gasteiger partial charge in [-0.05, 0) is 37.5 Å². The fourth-order valence-electron chi connectivity index (χ4n) is 2.92. The second kappa shape index (κ2) is 8.51. The molecule has 1 saturated heterocycles. The summed E-state index contributed by atoms with van der Waals surface area (Å²) in [5.74, 6) is -2.72. The van der Waals surface area contributed by atoms with E-state index in [0.29, 0.717) is 25.0 Å². The summed E-state index contributed by atoms with van der Waals surface area (Å²) in [5.41, 5.74) is -1.65. The maximum atomic E-state index is 13.7. The summed E-state index contributed by atoms with van der Waals surface area (Å²) in [5, 5.41) is 0. The van der Waals surface area contributed by atoms with Gasteiger partial charge < -0.3 is 9.64 Å². The number of nitrogens with zero attached hydrogens (tertiary/aromatic N) is 1. The quantitative estimate of drug-likeness (QED) is 0.426. The van der Waals surface area contributed by atoms with Crippen LogP contribution in [0.1, 0.15) is 54.9 Å². The number of hydrogen-bond acceptors (Lipinski definition) is 3. The molecule has 1 fully saturated rings. The minimum Gasteiger partial charge on any atom is -0.464 e. The van der Waals surface area contributed by atoms with Gasteiger partial charge in [0.05, 0.1) is 12.2 Å². The molecule has 2 rings (SSSR count). The zero-order valence-corrected chi connectivity index (χ0v) is 14.4. The molecule has 1 aromatic rings. The van der Waals surface area contributed by atoms with Crippen LogP contribution in [0.2, 0.25) is 0 Å². The number of amides is 1. The Labute approximate surface area is 149 Å². The molecule has 0 radical (unpaired) electrons. The van der Waals surface area contributed by atoms with E-state index < -0.39 is 35.5 Å². The minimum atomic E-state index is -4.83. The summed E-state index contributed by atoms with van der Waals surface area (Å²) < 4.78 is 56.8. The minimum absolute atomic E-state index is 0.221. The molecule has 1 atom stereocenters. The van der Waals surface area contributed by atoms with E-state index in [1.54, 1.807) is 0 Å². The molecule has 0 N–H and O–H groups in total. The first-order valence-corrected chi connectivity index (χ1v) is 8.60. The highest BCUT2D eigenvalue weighted by atomic mass is 19.4. The number of esters is 1. The van der Waals surface area contributed by atoms with Crippen LogP contribution in [0.5, 0.6) is 0 Å². The molecule has 144 valence electrons. The fourth-order valence-corrected chi connectivity index (χ4v) is 2.92. The smallest absolute Gasteiger partial charge is 0.419 e. The third kappa shape index (κ3) is 4.74. The van der Waals surface area contributed by atoms with E-state index in [0.717, 1.165) is 25.3 Å². The van der Waals surface area contributed by atoms with Crippen molar-refractivity contribution in [2.45, 2.75) is 51.2 Å². The van der Waals surface area contributed by atoms with Crippen LogP contribution in [0.25, 0.3) is 0 Å². The zero-order chi connectivity index (χ0) is 19.3. The molecular formula is C18H21F4NO3. The molecular weight excluding hydrogens is 354 g/mol. The Balaban J connectivity index is 2.08. The molecule has 1 aromatic carbocycles. The molecule has 1 unspecified atom stereocenters. The van der Waals surface area contributed by atoms with Gasteiger partial charge in [-0.25, -0.2) is 9.18 Å². The molecule has 0 bridgehead atoms. The molecule has 0 aromatic heterocycles. The first-order chi connectivity index (χ1) is 12.3. The van der Waals surface area contributed by atoms with E-state index in [1.165, 1.54) is 4.90 Å². The number of ether oxygens (including phenoxy) is 1. The van der Waals surface area contributed by atoms with Crippen molar-refractivity contribution in [3.63, 3.8) is 0 Å². The molecule has 26 heavy (non-hydrogen) atoms. The Hall–Kier alpha value is -2.12. The highest BCUT2D eigenvalue weighted by Crippen LogP contribution is 2.32. The molecule has 1 aliphatic heterocycles. The molecule has 1 amide bonds. The topological polar surface area (TPSA) is 46.6 Å². The number of unbranched alkanes of at least 4 members (excludes halogenated alkanes) is 2. The SMILES string of the molecule is CCCCCOC(=O)C1CCCN1C(=O)c1ccc(C(F)(F)F)c(F)c1. The Morgan fingerprint density at radius 1 is 1.27 bits per heavy atom. The molecule has 0 spiro atoms. The lowest BCUT2D eigenvalue weighted by Crippen LogP contribution is -2.41. The number of hydrogen-bond donors (Lipinski definition) is 0. The van der Waals surface area contributed by atoms with E-state index in [9.17, 15) is 27.2 Å². The number of alkyl halides is 3. The summed E-state index contributed by atoms with van der Waals surface area (Å²) in [6.45, 7) is 2.55. The molecule has 4 nitrogen and oxygen atoms in total. The second-order valence-corrected chi connectivity index (χ2v) is 6.22. The first-order valence-electron chi connectivity index (χ1n) is 8.60. The summed E-state index contributed by atoms with van der Waals surface area (Å²) in [6, 6.07) is 1.24. The van der Waals surface area contributed by atoms with E-state index in [1.807, 2.05) is 6.92 Å². The van der Waals surface area contributed by atoms with Gasteiger partial charge in [-0.3, -0.25) is 4.79 Å². The summed E-state index contributed by atoms with van der Waals surface area (Å²) in [7, 11) is 0. The number of carbonyl (C=O) groups is 2. The van der Waals surface area contributed by atoms with Crippen LogP contribution in [-0.2, 0) is 15.7 Å². The van der Waals surface area contributed by atoms with Crippen LogP contribution in [0, 0.1) is 5.82 Å². The molecule has 1 heterocycles. The first kappa shape index (κ1) is 20.2. The predicted octanol–water partition coefficient (Wildman–Crippen LogP) is 4.18. The van der Waals surface area contributed by atoms with Crippen LogP contribution < -0.4 is 0 Å². The predicted molar refractivity (Wildman–Crippen MR) is 85.9 cm³/mol. The van der Waals surface area contributed by atoms with Gasteiger partial charge in [0, 0.05) is 12.1 Å². The standard InChI is InChI=1S/C18H21F4NO3/c1-2-3-4-10-26-17(25)15-6-5-9-23(15)16(24)12-7-8-13(14(19)11-12)18(20,21)22/h7-8,11,15H,2-6,9-10H2,1H3. The van der Waals surface area contributed by atoms with Crippen molar-refractivity contribution in [1.29, 1.82) is 0 Å². The van der Waals surface area contributed by atoms with Crippen LogP contribution in [0.4, 0.5) is 17.6 Å². The third-order valence-electron chi connectivity index (χ3n) is 4.30. The Kier molecular flexibility index (Phi) is 6.61. The average Bonchev–Trinajstić information content (AvgIpc) is 3.06. The zero-order valence-electron chi connectivity index (χ0n) is 14.4. The Morgan fingerprint density at radius 2 is 2.00 bits per heavy atom. The molecule has 0 aliphatic carbocycles. The third-order valence-corrected chi connectivity index (χ3v) is 4.30. The van der Waals surface area contributed by atoms with E-state index in [4.69, 9.17) is 4.74 Å². The van der Waals surface area contributed by atoms with E-state index >= 15 is 0 Å². The van der Waals surface area contributed by atoms with Crippen molar-refractivity contribution in [2.24, 2.45) is 0 Å². The lowest BCUT2D eigenvalue weighted by molar-refractivity contribution is -0.148. The van der Waals surface area contributed by atoms with Crippen molar-refractivity contribution in [1.82, 2.24) is 4.90 Å². The maximum Gasteiger partial charge on any atom is 0.419 e. The summed E-state index contributed by atoms with van der Waals surface area (Å²) in [4.78, 5) is 25.9. The Morgan fingerprint density at radius 3 is 2.62 bits per heavy atom. The second-order valence-electron chi connectivity index (χ2n) is 6.22. The van der Waals surface area contributed by atoms with E-state index in [-0.39, 0.29) is 18.7 Å². The molecule has 1 aliphatic rings. The number of rotatable bonds is 6. The summed E-state index contributed by atoms with van der Waals surface area (Å²) in [6.07, 6.45) is -1.21. The van der Waals surface area contributed by atoms with Gasteiger partial charge in [0.15, 0.2) is 0 Å². The number of benzene rings is 1. The fraction of sp³-hybridized carbons (Fsp3) is 0.556. The lowest BCUT2D eigenvalue weighted by Gasteiger charge is -2.23. The van der Waals surface area contributed by atoms with E-state index in [2.05, 4.69) is 0 Å². The normalized spacial score (nSPS) is 17.4. The highest BCUT2D eigenvalue weighted by molar-refractivity contribution is 5.97. The monoisotopic (exact) mass is 375 g/mol. The average molecular weight is 375 g/mol. The van der Waals surface area contributed by atoms with Crippen molar-refractivity contribution >= 4 is 11.9 Å². The van der Waals surface area contributed by atoms with Crippen LogP contribution >= 0.6 is 0 Å². The van der Waals surface area contributed by atoms with Gasteiger partial charge >= 0.3 is 12.1 Å². The van der Waals surface area contributed by atoms with Crippen LogP contribution in [0.3, 0.4) is 0 Å². The lowest BCUT2D eigenvalue weighted by atomic mass is 10.1. The van der Waals surface area contributed by atoms with Crippen molar-refractivity contribution in [3.8, 4) is 0 Å². The number of likely N-dealkylation sites (tertiary alicyclic amines) is 1. The maximum absolute atomic E-state index is 13.7. The molecule has 0 saturated carbocycles. The Bertz CT molecular complexity index is 660. The summed E-state index contributed by atoms with van der Waals surface area (Å²) >= 11 is 0. The van der Waals surface area contributed by atoms with Crippen molar-refractivity contribution in [2.75, 3.05) is 13.2 Å². The number of halogens is 4. The van der Waals surface area contributed by atoms with Crippen LogP contribution in [0.15, 0.2) is 18.2 Å². The highest BCUT2D eigenvalue weighted by Gasteiger charge is 2.37. The van der Waals surface area contributed by atoms with Gasteiger partial charge in [-0.1, -0.05) is 19.8 Å². The van der Waals surface area contributed by atoms with Crippen molar-refractivity contribution < 1.29 is 31.9 Å². The van der Waals surface area contributed by atoms with Gasteiger partial charge in [0.1, 0.15) is 11.9 Å². The molecule has 8 heteroatoms. The van der Waals surface area contributed by atoms with Gasteiger partial charge in [-0.15, -0.1) is 0 Å². The largest absolute Gasteiger partial charge is 0.464 e. The van der Waals surface area contributed by atoms with Crippen molar-refractivity contribution in [3.05, 3.63) is 35.1 Å². The van der Waals surface area contributed by atoms with Gasteiger partial charge in [-0.2, -0.15) is 13.2 Å².